The summed E-state index contributed by atoms with van der Waals surface area (Å²) in [4.78, 5) is 0. The van der Waals surface area contributed by atoms with Crippen molar-refractivity contribution < 1.29 is 0 Å². The van der Waals surface area contributed by atoms with Gasteiger partial charge in [-0.1, -0.05) is 26.7 Å². The van der Waals surface area contributed by atoms with Crippen molar-refractivity contribution in [2.24, 2.45) is 11.8 Å². The van der Waals surface area contributed by atoms with E-state index in [4.69, 9.17) is 0 Å². The highest BCUT2D eigenvalue weighted by atomic mass is 32.1. The first-order chi connectivity index (χ1) is 8.29. The largest absolute Gasteiger partial charge is 0.314 e. The molecule has 0 saturated heterocycles. The molecule has 96 valence electrons. The van der Waals surface area contributed by atoms with E-state index in [0.717, 1.165) is 18.4 Å². The fourth-order valence-corrected chi connectivity index (χ4v) is 3.70. The van der Waals surface area contributed by atoms with Crippen LogP contribution in [0, 0.1) is 11.8 Å². The Hall–Kier alpha value is -0.340. The third-order valence-electron chi connectivity index (χ3n) is 4.13. The van der Waals surface area contributed by atoms with Crippen molar-refractivity contribution in [3.8, 4) is 0 Å². The van der Waals surface area contributed by atoms with Crippen LogP contribution in [0.15, 0.2) is 16.8 Å². The Morgan fingerprint density at radius 3 is 2.71 bits per heavy atom. The predicted molar refractivity (Wildman–Crippen MR) is 76.6 cm³/mol. The molecule has 2 heteroatoms. The zero-order chi connectivity index (χ0) is 12.1. The molecule has 1 nitrogen and oxygen atoms in total. The Morgan fingerprint density at radius 1 is 1.35 bits per heavy atom. The summed E-state index contributed by atoms with van der Waals surface area (Å²) in [5.41, 5.74) is 1.51. The Morgan fingerprint density at radius 2 is 2.12 bits per heavy atom. The van der Waals surface area contributed by atoms with Crippen molar-refractivity contribution in [1.29, 1.82) is 0 Å². The number of hydrogen-bond donors (Lipinski definition) is 1. The van der Waals surface area contributed by atoms with Crippen molar-refractivity contribution in [1.82, 2.24) is 5.32 Å². The Bertz CT molecular complexity index is 299. The van der Waals surface area contributed by atoms with Crippen LogP contribution in [0.1, 0.15) is 45.1 Å². The topological polar surface area (TPSA) is 12.0 Å². The van der Waals surface area contributed by atoms with E-state index in [9.17, 15) is 0 Å². The van der Waals surface area contributed by atoms with Gasteiger partial charge < -0.3 is 5.32 Å². The molecule has 1 saturated carbocycles. The monoisotopic (exact) mass is 251 g/mol. The molecule has 1 unspecified atom stereocenters. The van der Waals surface area contributed by atoms with E-state index in [1.54, 1.807) is 0 Å². The Labute approximate surface area is 110 Å². The molecule has 1 N–H and O–H groups in total. The molecule has 0 radical (unpaired) electrons. The van der Waals surface area contributed by atoms with Crippen LogP contribution in [-0.4, -0.2) is 12.6 Å². The first kappa shape index (κ1) is 13.1. The maximum Gasteiger partial charge on any atom is 0.0136 e. The second-order valence-electron chi connectivity index (χ2n) is 5.52. The quantitative estimate of drug-likeness (QED) is 0.831. The van der Waals surface area contributed by atoms with Crippen molar-refractivity contribution in [3.63, 3.8) is 0 Å². The zero-order valence-corrected chi connectivity index (χ0v) is 11.9. The lowest BCUT2D eigenvalue weighted by Gasteiger charge is -2.33. The molecule has 1 aromatic rings. The maximum absolute atomic E-state index is 3.71. The molecule has 0 aromatic carbocycles. The molecule has 17 heavy (non-hydrogen) atoms. The lowest BCUT2D eigenvalue weighted by Crippen LogP contribution is -2.39. The molecule has 1 aromatic heterocycles. The summed E-state index contributed by atoms with van der Waals surface area (Å²) in [6, 6.07) is 2.97. The van der Waals surface area contributed by atoms with Gasteiger partial charge in [-0.15, -0.1) is 0 Å². The fourth-order valence-electron chi connectivity index (χ4n) is 3.02. The summed E-state index contributed by atoms with van der Waals surface area (Å²) in [6.45, 7) is 5.73. The van der Waals surface area contributed by atoms with Gasteiger partial charge in [0.05, 0.1) is 0 Å². The zero-order valence-electron chi connectivity index (χ0n) is 11.1. The molecular weight excluding hydrogens is 226 g/mol. The van der Waals surface area contributed by atoms with Crippen LogP contribution in [0.3, 0.4) is 0 Å². The SMILES string of the molecule is CCNC(Cc1ccsc1)C1CCC(C)CC1. The summed E-state index contributed by atoms with van der Waals surface area (Å²) in [6.07, 6.45) is 6.91. The third-order valence-corrected chi connectivity index (χ3v) is 4.86. The predicted octanol–water partition coefficient (Wildman–Crippen LogP) is 4.10. The van der Waals surface area contributed by atoms with E-state index < -0.39 is 0 Å². The molecule has 1 atom stereocenters. The van der Waals surface area contributed by atoms with Crippen LogP contribution >= 0.6 is 11.3 Å². The molecule has 0 amide bonds. The second-order valence-corrected chi connectivity index (χ2v) is 6.30. The smallest absolute Gasteiger partial charge is 0.0136 e. The average molecular weight is 251 g/mol. The number of rotatable bonds is 5. The van der Waals surface area contributed by atoms with Gasteiger partial charge in [-0.2, -0.15) is 11.3 Å². The van der Waals surface area contributed by atoms with Crippen LogP contribution in [0.5, 0.6) is 0 Å². The van der Waals surface area contributed by atoms with Crippen LogP contribution < -0.4 is 5.32 Å². The number of thiophene rings is 1. The van der Waals surface area contributed by atoms with E-state index in [0.29, 0.717) is 6.04 Å². The maximum atomic E-state index is 3.71. The van der Waals surface area contributed by atoms with Gasteiger partial charge in [0.2, 0.25) is 0 Å². The molecule has 1 aliphatic carbocycles. The molecule has 1 heterocycles. The lowest BCUT2D eigenvalue weighted by atomic mass is 9.78. The van der Waals surface area contributed by atoms with Crippen molar-refractivity contribution in [2.75, 3.05) is 6.54 Å². The molecule has 0 spiro atoms. The normalized spacial score (nSPS) is 26.9. The Kier molecular flexibility index (Phi) is 5.05. The number of hydrogen-bond acceptors (Lipinski definition) is 2. The summed E-state index contributed by atoms with van der Waals surface area (Å²) in [5, 5.41) is 8.21. The van der Waals surface area contributed by atoms with Crippen molar-refractivity contribution in [2.45, 2.75) is 52.0 Å². The van der Waals surface area contributed by atoms with E-state index in [1.807, 2.05) is 11.3 Å². The number of likely N-dealkylation sites (N-methyl/N-ethyl adjacent to an activating group) is 1. The van der Waals surface area contributed by atoms with Crippen LogP contribution in [0.4, 0.5) is 0 Å². The second kappa shape index (κ2) is 6.55. The molecule has 0 bridgehead atoms. The van der Waals surface area contributed by atoms with Gasteiger partial charge in [0.15, 0.2) is 0 Å². The van der Waals surface area contributed by atoms with Crippen LogP contribution in [0.2, 0.25) is 0 Å². The average Bonchev–Trinajstić information content (AvgIpc) is 2.82. The third kappa shape index (κ3) is 3.82. The number of nitrogens with one attached hydrogen (secondary N) is 1. The molecule has 1 fully saturated rings. The highest BCUT2D eigenvalue weighted by molar-refractivity contribution is 7.07. The van der Waals surface area contributed by atoms with Gasteiger partial charge in [0.25, 0.3) is 0 Å². The molecule has 0 aliphatic heterocycles. The van der Waals surface area contributed by atoms with Gasteiger partial charge in [0, 0.05) is 6.04 Å². The summed E-state index contributed by atoms with van der Waals surface area (Å²) in [5.74, 6) is 1.85. The highest BCUT2D eigenvalue weighted by Gasteiger charge is 2.25. The van der Waals surface area contributed by atoms with Crippen molar-refractivity contribution in [3.05, 3.63) is 22.4 Å². The van der Waals surface area contributed by atoms with Gasteiger partial charge in [-0.25, -0.2) is 0 Å². The van der Waals surface area contributed by atoms with Gasteiger partial charge >= 0.3 is 0 Å². The highest BCUT2D eigenvalue weighted by Crippen LogP contribution is 2.31. The van der Waals surface area contributed by atoms with E-state index in [-0.39, 0.29) is 0 Å². The summed E-state index contributed by atoms with van der Waals surface area (Å²) >= 11 is 1.82. The minimum Gasteiger partial charge on any atom is -0.314 e. The van der Waals surface area contributed by atoms with E-state index >= 15 is 0 Å². The van der Waals surface area contributed by atoms with Gasteiger partial charge in [-0.3, -0.25) is 0 Å². The summed E-state index contributed by atoms with van der Waals surface area (Å²) < 4.78 is 0. The minimum absolute atomic E-state index is 0.696. The van der Waals surface area contributed by atoms with Crippen molar-refractivity contribution >= 4 is 11.3 Å². The Balaban J connectivity index is 1.92. The van der Waals surface area contributed by atoms with Gasteiger partial charge in [0.1, 0.15) is 0 Å². The summed E-state index contributed by atoms with van der Waals surface area (Å²) in [7, 11) is 0. The molecule has 2 rings (SSSR count). The fraction of sp³-hybridized carbons (Fsp3) is 0.733. The van der Waals surface area contributed by atoms with Gasteiger partial charge in [-0.05, 0) is 60.0 Å². The first-order valence-corrected chi connectivity index (χ1v) is 7.98. The van der Waals surface area contributed by atoms with Crippen LogP contribution in [-0.2, 0) is 6.42 Å². The first-order valence-electron chi connectivity index (χ1n) is 7.04. The standard InChI is InChI=1S/C15H25NS/c1-3-16-15(10-13-8-9-17-11-13)14-6-4-12(2)5-7-14/h8-9,11-12,14-16H,3-7,10H2,1-2H3. The van der Waals surface area contributed by atoms with E-state index in [2.05, 4.69) is 36.0 Å². The van der Waals surface area contributed by atoms with E-state index in [1.165, 1.54) is 37.7 Å². The minimum atomic E-state index is 0.696. The molecular formula is C15H25NS. The molecule has 1 aliphatic rings. The lowest BCUT2D eigenvalue weighted by molar-refractivity contribution is 0.230. The van der Waals surface area contributed by atoms with Crippen LogP contribution in [0.25, 0.3) is 0 Å².